The maximum Gasteiger partial charge on any atom is 0.269 e. The third kappa shape index (κ3) is 8.48. The number of carbonyl (C=O) groups excluding carboxylic acids is 3. The molecule has 2 atom stereocenters. The molecule has 1 aliphatic rings. The largest absolute Gasteiger partial charge is 0.507 e. The molecule has 0 spiro atoms. The number of benzene rings is 2. The van der Waals surface area contributed by atoms with Gasteiger partial charge in [0.1, 0.15) is 17.5 Å². The van der Waals surface area contributed by atoms with E-state index in [4.69, 9.17) is 0 Å². The van der Waals surface area contributed by atoms with Crippen molar-refractivity contribution in [2.24, 2.45) is 11.8 Å². The Balaban J connectivity index is 1.33. The van der Waals surface area contributed by atoms with Crippen molar-refractivity contribution in [2.45, 2.75) is 52.1 Å². The predicted molar refractivity (Wildman–Crippen MR) is 160 cm³/mol. The van der Waals surface area contributed by atoms with Crippen LogP contribution in [0.1, 0.15) is 55.6 Å². The first-order chi connectivity index (χ1) is 20.6. The highest BCUT2D eigenvalue weighted by molar-refractivity contribution is 5.95. The summed E-state index contributed by atoms with van der Waals surface area (Å²) in [6.45, 7) is 5.89. The fourth-order valence-electron chi connectivity index (χ4n) is 5.06. The first kappa shape index (κ1) is 31.4. The number of nitro groups is 1. The van der Waals surface area contributed by atoms with Crippen LogP contribution < -0.4 is 10.6 Å². The van der Waals surface area contributed by atoms with Crippen LogP contribution in [0.2, 0.25) is 0 Å². The number of phenols is 1. The number of nitrogens with zero attached hydrogens (tertiary/aromatic N) is 3. The van der Waals surface area contributed by atoms with Crippen molar-refractivity contribution < 1.29 is 24.4 Å². The average molecular weight is 591 g/mol. The molecule has 0 aliphatic carbocycles. The zero-order valence-corrected chi connectivity index (χ0v) is 24.4. The van der Waals surface area contributed by atoms with Gasteiger partial charge in [0.25, 0.3) is 11.6 Å². The average Bonchev–Trinajstić information content (AvgIpc) is 3.50. The fourth-order valence-corrected chi connectivity index (χ4v) is 5.06. The van der Waals surface area contributed by atoms with E-state index in [1.54, 1.807) is 30.3 Å². The van der Waals surface area contributed by atoms with Crippen LogP contribution in [0.15, 0.2) is 54.6 Å². The predicted octanol–water partition coefficient (Wildman–Crippen LogP) is 3.82. The van der Waals surface area contributed by atoms with Crippen LogP contribution in [0.4, 0.5) is 5.69 Å². The smallest absolute Gasteiger partial charge is 0.269 e. The molecule has 0 bridgehead atoms. The molecule has 228 valence electrons. The summed E-state index contributed by atoms with van der Waals surface area (Å²) in [6.07, 6.45) is 2.32. The lowest BCUT2D eigenvalue weighted by molar-refractivity contribution is -0.384. The molecule has 0 saturated carbocycles. The molecule has 2 heterocycles. The summed E-state index contributed by atoms with van der Waals surface area (Å²) in [5.41, 5.74) is 2.06. The molecule has 2 unspecified atom stereocenters. The molecule has 1 saturated heterocycles. The van der Waals surface area contributed by atoms with Gasteiger partial charge in [0.15, 0.2) is 5.78 Å². The Hall–Kier alpha value is -4.58. The number of Topliss-reactive ketones (excluding diaryl/α,β-unsaturated/α-hetero) is 1. The molecule has 4 rings (SSSR count). The van der Waals surface area contributed by atoms with Gasteiger partial charge >= 0.3 is 0 Å². The highest BCUT2D eigenvalue weighted by Gasteiger charge is 2.29. The van der Waals surface area contributed by atoms with Crippen molar-refractivity contribution in [3.05, 3.63) is 76.0 Å². The molecular weight excluding hydrogens is 552 g/mol. The summed E-state index contributed by atoms with van der Waals surface area (Å²) in [4.78, 5) is 52.0. The monoisotopic (exact) mass is 590 g/mol. The molecule has 12 nitrogen and oxygen atoms in total. The number of piperidine rings is 1. The summed E-state index contributed by atoms with van der Waals surface area (Å²) in [5.74, 6) is -0.926. The van der Waals surface area contributed by atoms with Gasteiger partial charge in [0.05, 0.1) is 10.6 Å². The number of hydrogen-bond donors (Lipinski definition) is 4. The van der Waals surface area contributed by atoms with E-state index in [2.05, 4.69) is 25.7 Å². The van der Waals surface area contributed by atoms with Crippen molar-refractivity contribution in [2.75, 3.05) is 19.6 Å². The number of nitro benzene ring substituents is 1. The first-order valence-electron chi connectivity index (χ1n) is 14.5. The van der Waals surface area contributed by atoms with E-state index >= 15 is 0 Å². The summed E-state index contributed by atoms with van der Waals surface area (Å²) >= 11 is 0. The number of amides is 2. The second kappa shape index (κ2) is 14.5. The van der Waals surface area contributed by atoms with Crippen LogP contribution in [-0.4, -0.2) is 68.4 Å². The summed E-state index contributed by atoms with van der Waals surface area (Å²) in [7, 11) is 0. The van der Waals surface area contributed by atoms with E-state index in [-0.39, 0.29) is 53.6 Å². The van der Waals surface area contributed by atoms with Gasteiger partial charge in [0.2, 0.25) is 5.91 Å². The number of non-ortho nitro benzene ring substituents is 1. The highest BCUT2D eigenvalue weighted by Crippen LogP contribution is 2.27. The number of rotatable bonds is 13. The fraction of sp³-hybridized carbons (Fsp3) is 0.419. The van der Waals surface area contributed by atoms with Crippen molar-refractivity contribution in [3.8, 4) is 17.0 Å². The van der Waals surface area contributed by atoms with Gasteiger partial charge in [0, 0.05) is 43.1 Å². The Morgan fingerprint density at radius 2 is 1.84 bits per heavy atom. The molecule has 2 aromatic carbocycles. The lowest BCUT2D eigenvalue weighted by Crippen LogP contribution is -2.51. The minimum absolute atomic E-state index is 0.0385. The van der Waals surface area contributed by atoms with E-state index in [1.807, 2.05) is 13.8 Å². The number of nitrogens with one attached hydrogen (secondary N) is 3. The van der Waals surface area contributed by atoms with E-state index in [9.17, 15) is 29.6 Å². The molecule has 4 N–H and O–H groups in total. The summed E-state index contributed by atoms with van der Waals surface area (Å²) in [5, 5.41) is 33.4. The SMILES string of the molecule is CCC(C)CC(=O)C(CNC(=O)c1cc(-c2ccccc2O)n[nH]1)NC(=O)C1CCN(Cc2ccc([N+](=O)[O-])cc2)CC1. The van der Waals surface area contributed by atoms with Gasteiger partial charge in [-0.3, -0.25) is 34.5 Å². The second-order valence-corrected chi connectivity index (χ2v) is 11.1. The zero-order chi connectivity index (χ0) is 30.9. The van der Waals surface area contributed by atoms with E-state index < -0.39 is 16.9 Å². The normalized spacial score (nSPS) is 15.4. The quantitative estimate of drug-likeness (QED) is 0.172. The van der Waals surface area contributed by atoms with Gasteiger partial charge < -0.3 is 15.7 Å². The number of H-pyrrole nitrogens is 1. The molecule has 0 radical (unpaired) electrons. The van der Waals surface area contributed by atoms with E-state index in [0.717, 1.165) is 12.0 Å². The highest BCUT2D eigenvalue weighted by atomic mass is 16.6. The minimum Gasteiger partial charge on any atom is -0.507 e. The number of hydrogen-bond acceptors (Lipinski definition) is 8. The molecule has 3 aromatic rings. The number of aromatic hydroxyl groups is 1. The Morgan fingerprint density at radius 1 is 1.14 bits per heavy atom. The summed E-state index contributed by atoms with van der Waals surface area (Å²) < 4.78 is 0. The number of aromatic nitrogens is 2. The Bertz CT molecular complexity index is 1430. The van der Waals surface area contributed by atoms with E-state index in [1.165, 1.54) is 24.3 Å². The van der Waals surface area contributed by atoms with Crippen LogP contribution in [-0.2, 0) is 16.1 Å². The number of phenolic OH excluding ortho intramolecular Hbond substituents is 1. The molecule has 2 amide bonds. The number of likely N-dealkylation sites (tertiary alicyclic amines) is 1. The maximum atomic E-state index is 13.2. The van der Waals surface area contributed by atoms with Gasteiger partial charge in [-0.1, -0.05) is 44.5 Å². The zero-order valence-electron chi connectivity index (χ0n) is 24.4. The van der Waals surface area contributed by atoms with Crippen molar-refractivity contribution in [1.82, 2.24) is 25.7 Å². The van der Waals surface area contributed by atoms with Crippen molar-refractivity contribution >= 4 is 23.3 Å². The minimum atomic E-state index is -0.871. The topological polar surface area (TPSA) is 171 Å². The molecule has 1 fully saturated rings. The molecular formula is C31H38N6O6. The number of carbonyl (C=O) groups is 3. The van der Waals surface area contributed by atoms with Gasteiger partial charge in [-0.2, -0.15) is 5.10 Å². The third-order valence-electron chi connectivity index (χ3n) is 7.93. The molecule has 1 aliphatic heterocycles. The maximum absolute atomic E-state index is 13.2. The lowest BCUT2D eigenvalue weighted by atomic mass is 9.94. The van der Waals surface area contributed by atoms with Crippen LogP contribution >= 0.6 is 0 Å². The van der Waals surface area contributed by atoms with Crippen LogP contribution in [0, 0.1) is 22.0 Å². The van der Waals surface area contributed by atoms with E-state index in [0.29, 0.717) is 43.7 Å². The first-order valence-corrected chi connectivity index (χ1v) is 14.5. The van der Waals surface area contributed by atoms with Gasteiger partial charge in [-0.25, -0.2) is 0 Å². The molecule has 43 heavy (non-hydrogen) atoms. The van der Waals surface area contributed by atoms with Crippen molar-refractivity contribution in [1.29, 1.82) is 0 Å². The Kier molecular flexibility index (Phi) is 10.6. The second-order valence-electron chi connectivity index (χ2n) is 11.1. The van der Waals surface area contributed by atoms with Gasteiger partial charge in [-0.05, 0) is 55.6 Å². The molecule has 1 aromatic heterocycles. The number of aromatic amines is 1. The standard InChI is InChI=1S/C31H38N6O6/c1-3-20(2)16-29(39)27(18-32-31(41)26-17-25(34-35-26)24-6-4-5-7-28(24)38)33-30(40)22-12-14-36(15-13-22)19-21-8-10-23(11-9-21)37(42)43/h4-11,17,20,22,27,38H,3,12-16,18-19H2,1-2H3,(H,32,41)(H,33,40)(H,34,35). The van der Waals surface area contributed by atoms with Crippen LogP contribution in [0.5, 0.6) is 5.75 Å². The third-order valence-corrected chi connectivity index (χ3v) is 7.93. The Morgan fingerprint density at radius 3 is 2.49 bits per heavy atom. The van der Waals surface area contributed by atoms with Crippen LogP contribution in [0.25, 0.3) is 11.3 Å². The molecule has 12 heteroatoms. The Labute approximate surface area is 250 Å². The van der Waals surface area contributed by atoms with Crippen molar-refractivity contribution in [3.63, 3.8) is 0 Å². The van der Waals surface area contributed by atoms with Gasteiger partial charge in [-0.15, -0.1) is 0 Å². The lowest BCUT2D eigenvalue weighted by Gasteiger charge is -2.32. The summed E-state index contributed by atoms with van der Waals surface area (Å²) in [6, 6.07) is 13.8. The number of para-hydroxylation sites is 1. The number of ketones is 1. The van der Waals surface area contributed by atoms with Crippen LogP contribution in [0.3, 0.4) is 0 Å².